The summed E-state index contributed by atoms with van der Waals surface area (Å²) in [4.78, 5) is 58.5. The van der Waals surface area contributed by atoms with Crippen LogP contribution in [0.3, 0.4) is 0 Å². The summed E-state index contributed by atoms with van der Waals surface area (Å²) >= 11 is 0. The van der Waals surface area contributed by atoms with Crippen LogP contribution >= 0.6 is 0 Å². The summed E-state index contributed by atoms with van der Waals surface area (Å²) < 4.78 is 0. The Labute approximate surface area is 326 Å². The molecule has 13 nitrogen and oxygen atoms in total. The molecule has 0 aliphatic rings. The molecule has 54 heavy (non-hydrogen) atoms. The molecule has 1 aromatic heterocycles. The lowest BCUT2D eigenvalue weighted by Gasteiger charge is -2.28. The van der Waals surface area contributed by atoms with Crippen LogP contribution in [0.5, 0.6) is 0 Å². The van der Waals surface area contributed by atoms with Gasteiger partial charge in [0, 0.05) is 82.4 Å². The zero-order valence-electron chi connectivity index (χ0n) is 34.1. The van der Waals surface area contributed by atoms with Crippen molar-refractivity contribution in [2.24, 2.45) is 11.7 Å². The number of aromatic nitrogens is 2. The van der Waals surface area contributed by atoms with Crippen LogP contribution in [-0.4, -0.2) is 97.4 Å². The van der Waals surface area contributed by atoms with Gasteiger partial charge in [0.25, 0.3) is 0 Å². The number of H-pyrrole nitrogens is 1. The molecule has 0 aliphatic heterocycles. The molecule has 0 bridgehead atoms. The molecule has 0 aliphatic carbocycles. The first-order valence-electron chi connectivity index (χ1n) is 20.6. The molecule has 308 valence electrons. The van der Waals surface area contributed by atoms with Crippen molar-refractivity contribution < 1.29 is 19.2 Å². The Balaban J connectivity index is 2.90. The van der Waals surface area contributed by atoms with Crippen molar-refractivity contribution in [2.45, 2.75) is 142 Å². The summed E-state index contributed by atoms with van der Waals surface area (Å²) in [7, 11) is 0. The van der Waals surface area contributed by atoms with Gasteiger partial charge in [-0.05, 0) is 51.5 Å². The van der Waals surface area contributed by atoms with Crippen LogP contribution in [0, 0.1) is 5.92 Å². The first-order valence-corrected chi connectivity index (χ1v) is 20.6. The number of carbonyl (C=O) groups excluding carboxylic acids is 4. The fraction of sp³-hybridized carbons (Fsp3) is 0.732. The smallest absolute Gasteiger partial charge is 0.220 e. The minimum atomic E-state index is -0.480. The van der Waals surface area contributed by atoms with Crippen molar-refractivity contribution in [1.29, 1.82) is 0 Å². The highest BCUT2D eigenvalue weighted by atomic mass is 16.2. The molecule has 3 amide bonds. The average Bonchev–Trinajstić information content (AvgIpc) is 3.68. The molecule has 1 heterocycles. The Bertz CT molecular complexity index is 1210. The average molecular weight is 758 g/mol. The van der Waals surface area contributed by atoms with Crippen LogP contribution in [-0.2, 0) is 25.6 Å². The normalized spacial score (nSPS) is 13.4. The van der Waals surface area contributed by atoms with Gasteiger partial charge in [-0.3, -0.25) is 19.2 Å². The number of unbranched alkanes of at least 4 members (excludes halogenated alkanes) is 6. The van der Waals surface area contributed by atoms with Gasteiger partial charge < -0.3 is 42.6 Å². The van der Waals surface area contributed by atoms with E-state index < -0.39 is 6.04 Å². The lowest BCUT2D eigenvalue weighted by molar-refractivity contribution is -0.123. The predicted molar refractivity (Wildman–Crippen MR) is 220 cm³/mol. The van der Waals surface area contributed by atoms with Crippen molar-refractivity contribution in [1.82, 2.24) is 41.9 Å². The van der Waals surface area contributed by atoms with Crippen LogP contribution in [0.1, 0.15) is 123 Å². The number of hydrogen-bond donors (Lipinski definition) is 8. The number of rotatable bonds is 35. The second kappa shape index (κ2) is 30.9. The summed E-state index contributed by atoms with van der Waals surface area (Å²) in [5.74, 6) is -0.183. The van der Waals surface area contributed by atoms with Crippen LogP contribution in [0.15, 0.2) is 36.8 Å². The third-order valence-electron chi connectivity index (χ3n) is 9.75. The van der Waals surface area contributed by atoms with Gasteiger partial charge in [-0.1, -0.05) is 83.6 Å². The Kier molecular flexibility index (Phi) is 27.8. The largest absolute Gasteiger partial charge is 0.356 e. The number of carbonyl (C=O) groups is 4. The van der Waals surface area contributed by atoms with Crippen molar-refractivity contribution in [3.63, 3.8) is 0 Å². The Morgan fingerprint density at radius 1 is 0.741 bits per heavy atom. The lowest BCUT2D eigenvalue weighted by atomic mass is 9.91. The number of nitrogens with two attached hydrogens (primary N) is 1. The van der Waals surface area contributed by atoms with Gasteiger partial charge in [-0.25, -0.2) is 4.98 Å². The van der Waals surface area contributed by atoms with E-state index >= 15 is 0 Å². The topological polar surface area (TPSA) is 195 Å². The van der Waals surface area contributed by atoms with Crippen molar-refractivity contribution in [2.75, 3.05) is 45.8 Å². The van der Waals surface area contributed by atoms with E-state index in [-0.39, 0.29) is 60.9 Å². The number of amides is 3. The number of ketones is 1. The molecule has 1 aromatic rings. The van der Waals surface area contributed by atoms with Gasteiger partial charge in [0.1, 0.15) is 0 Å². The summed E-state index contributed by atoms with van der Waals surface area (Å²) in [5.41, 5.74) is 8.33. The highest BCUT2D eigenvalue weighted by Gasteiger charge is 2.24. The molecule has 13 heteroatoms. The van der Waals surface area contributed by atoms with Crippen LogP contribution in [0.4, 0.5) is 0 Å². The summed E-state index contributed by atoms with van der Waals surface area (Å²) in [6, 6.07) is -0.818. The van der Waals surface area contributed by atoms with E-state index in [4.69, 9.17) is 5.73 Å². The maximum absolute atomic E-state index is 13.7. The van der Waals surface area contributed by atoms with Gasteiger partial charge in [0.05, 0.1) is 18.9 Å². The third-order valence-corrected chi connectivity index (χ3v) is 9.75. The highest BCUT2D eigenvalue weighted by Crippen LogP contribution is 2.18. The predicted octanol–water partition coefficient (Wildman–Crippen LogP) is 3.97. The van der Waals surface area contributed by atoms with E-state index in [9.17, 15) is 19.2 Å². The Morgan fingerprint density at radius 3 is 1.89 bits per heavy atom. The summed E-state index contributed by atoms with van der Waals surface area (Å²) in [5, 5.41) is 19.2. The zero-order valence-corrected chi connectivity index (χ0v) is 34.1. The molecule has 0 fully saturated rings. The van der Waals surface area contributed by atoms with Gasteiger partial charge >= 0.3 is 0 Å². The van der Waals surface area contributed by atoms with Crippen LogP contribution in [0.25, 0.3) is 0 Å². The van der Waals surface area contributed by atoms with E-state index in [1.165, 1.54) is 6.42 Å². The summed E-state index contributed by atoms with van der Waals surface area (Å²) in [6.45, 7) is 20.3. The number of aromatic amines is 1. The van der Waals surface area contributed by atoms with Crippen LogP contribution < -0.4 is 37.6 Å². The monoisotopic (exact) mass is 758 g/mol. The molecule has 0 aromatic carbocycles. The van der Waals surface area contributed by atoms with Gasteiger partial charge in [-0.2, -0.15) is 0 Å². The number of imidazole rings is 1. The fourth-order valence-corrected chi connectivity index (χ4v) is 6.13. The molecule has 9 N–H and O–H groups in total. The number of nitrogens with zero attached hydrogens (tertiary/aromatic N) is 1. The molecule has 4 unspecified atom stereocenters. The van der Waals surface area contributed by atoms with E-state index in [2.05, 4.69) is 75.8 Å². The van der Waals surface area contributed by atoms with E-state index in [0.717, 1.165) is 61.8 Å². The van der Waals surface area contributed by atoms with Crippen molar-refractivity contribution in [3.05, 3.63) is 42.5 Å². The lowest BCUT2D eigenvalue weighted by Crippen LogP contribution is -2.46. The molecule has 4 atom stereocenters. The van der Waals surface area contributed by atoms with E-state index in [1.807, 2.05) is 6.92 Å². The maximum Gasteiger partial charge on any atom is 0.220 e. The number of nitrogens with one attached hydrogen (secondary N) is 7. The van der Waals surface area contributed by atoms with Gasteiger partial charge in [-0.15, -0.1) is 0 Å². The number of hydrogen-bond acceptors (Lipinski definition) is 9. The van der Waals surface area contributed by atoms with Crippen molar-refractivity contribution in [3.8, 4) is 0 Å². The van der Waals surface area contributed by atoms with E-state index in [1.54, 1.807) is 12.5 Å². The third kappa shape index (κ3) is 23.4. The van der Waals surface area contributed by atoms with Crippen LogP contribution in [0.2, 0.25) is 0 Å². The first kappa shape index (κ1) is 48.6. The molecule has 0 saturated carbocycles. The van der Waals surface area contributed by atoms with Gasteiger partial charge in [0.2, 0.25) is 17.7 Å². The fourth-order valence-electron chi connectivity index (χ4n) is 6.13. The molecular formula is C41H75N9O4. The highest BCUT2D eigenvalue weighted by molar-refractivity contribution is 5.87. The Hall–Kier alpha value is -3.39. The molecule has 0 radical (unpaired) electrons. The standard InChI is InChI=1S/C41H75N9O4/c1-7-9-11-13-23-44-37(17-20-41(54)47-26-22-42)38(51)29-49-36(16-19-40(53)46-25-21-34-28-43-30-50-34)33(6)32(5)27-48-35(31(3)4)15-18-39(52)45-24-14-12-10-8-2/h28,30,32,35-37,44,48-49H,3,6-27,29,42H2,1-2,4-5H3,(H,43,50)(H,45,52)(H,46,53)(H,47,54). The minimum Gasteiger partial charge on any atom is -0.356 e. The molecule has 0 saturated heterocycles. The molecule has 1 rings (SSSR count). The first-order chi connectivity index (χ1) is 26.0. The zero-order chi connectivity index (χ0) is 40.0. The quantitative estimate of drug-likeness (QED) is 0.0374. The Morgan fingerprint density at radius 2 is 1.31 bits per heavy atom. The summed E-state index contributed by atoms with van der Waals surface area (Å²) in [6.07, 6.45) is 15.2. The minimum absolute atomic E-state index is 0.00554. The second-order valence-electron chi connectivity index (χ2n) is 14.6. The van der Waals surface area contributed by atoms with Crippen molar-refractivity contribution >= 4 is 23.5 Å². The SMILES string of the molecule is C=C(C)C(CCC(=O)NCCCCCC)NCC(C)C(=C)C(CCC(=O)NCCc1cnc[nH]1)NCC(=O)C(CCC(=O)NCCN)NCCCCCC. The molecular weight excluding hydrogens is 683 g/mol. The number of Topliss-reactive ketones (excluding diaryl/α,β-unsaturated/α-hetero) is 1. The second-order valence-corrected chi connectivity index (χ2v) is 14.6. The maximum atomic E-state index is 13.7. The molecule has 0 spiro atoms. The van der Waals surface area contributed by atoms with E-state index in [0.29, 0.717) is 71.4 Å². The van der Waals surface area contributed by atoms with Gasteiger partial charge in [0.15, 0.2) is 5.78 Å².